The molecule has 12 heteroatoms. The maximum absolute atomic E-state index is 12.8. The van der Waals surface area contributed by atoms with Crippen LogP contribution in [0.1, 0.15) is 48.6 Å². The summed E-state index contributed by atoms with van der Waals surface area (Å²) in [5.74, 6) is 2.06. The van der Waals surface area contributed by atoms with Crippen LogP contribution < -0.4 is 10.5 Å². The van der Waals surface area contributed by atoms with Gasteiger partial charge >= 0.3 is 0 Å². The van der Waals surface area contributed by atoms with E-state index in [1.807, 2.05) is 72.9 Å². The smallest absolute Gasteiger partial charge is 0.263 e. The van der Waals surface area contributed by atoms with E-state index in [0.717, 1.165) is 40.9 Å². The summed E-state index contributed by atoms with van der Waals surface area (Å²) in [6, 6.07) is 26.3. The first-order valence-corrected chi connectivity index (χ1v) is 17.0. The van der Waals surface area contributed by atoms with Crippen molar-refractivity contribution in [1.82, 2.24) is 34.2 Å². The second-order valence-electron chi connectivity index (χ2n) is 11.8. The molecule has 0 spiro atoms. The summed E-state index contributed by atoms with van der Waals surface area (Å²) in [4.78, 5) is 13.6. The van der Waals surface area contributed by atoms with Crippen molar-refractivity contribution in [2.24, 2.45) is 0 Å². The fourth-order valence-corrected chi connectivity index (χ4v) is 6.67. The maximum Gasteiger partial charge on any atom is 0.263 e. The lowest BCUT2D eigenvalue weighted by Crippen LogP contribution is -2.16. The van der Waals surface area contributed by atoms with Gasteiger partial charge in [-0.25, -0.2) is 18.4 Å². The second kappa shape index (κ2) is 11.6. The van der Waals surface area contributed by atoms with Crippen LogP contribution >= 0.6 is 0 Å². The topological polar surface area (TPSA) is 145 Å². The molecule has 2 aliphatic rings. The number of benzene rings is 2. The van der Waals surface area contributed by atoms with Crippen molar-refractivity contribution in [3.63, 3.8) is 0 Å². The van der Waals surface area contributed by atoms with Crippen molar-refractivity contribution in [1.29, 1.82) is 0 Å². The van der Waals surface area contributed by atoms with Gasteiger partial charge in [0.1, 0.15) is 11.6 Å². The number of nitrogens with zero attached hydrogens (tertiary/aromatic N) is 7. The summed E-state index contributed by atoms with van der Waals surface area (Å²) < 4.78 is 31.7. The van der Waals surface area contributed by atoms with Crippen LogP contribution in [0.15, 0.2) is 115 Å². The zero-order valence-electron chi connectivity index (χ0n) is 25.3. The van der Waals surface area contributed by atoms with Gasteiger partial charge in [0.05, 0.1) is 28.7 Å². The number of fused-ring (bicyclic) bond motifs is 2. The number of sulfonamides is 1. The van der Waals surface area contributed by atoms with Gasteiger partial charge in [0, 0.05) is 46.8 Å². The minimum atomic E-state index is -3.78. The van der Waals surface area contributed by atoms with Crippen molar-refractivity contribution < 1.29 is 8.42 Å². The largest absolute Gasteiger partial charge is 0.384 e. The number of pyridine rings is 1. The molecule has 0 atom stereocenters. The number of anilines is 2. The normalized spacial score (nSPS) is 14.6. The Bertz CT molecular complexity index is 2320. The van der Waals surface area contributed by atoms with E-state index < -0.39 is 10.0 Å². The number of nitrogens with one attached hydrogen (secondary N) is 1. The Morgan fingerprint density at radius 1 is 0.681 bits per heavy atom. The fourth-order valence-electron chi connectivity index (χ4n) is 5.65. The van der Waals surface area contributed by atoms with E-state index in [4.69, 9.17) is 15.7 Å². The highest BCUT2D eigenvalue weighted by atomic mass is 32.2. The van der Waals surface area contributed by atoms with Gasteiger partial charge in [-0.05, 0) is 49.7 Å². The third kappa shape index (κ3) is 5.79. The molecule has 11 nitrogen and oxygen atoms in total. The zero-order chi connectivity index (χ0) is 32.0. The predicted molar refractivity (Wildman–Crippen MR) is 180 cm³/mol. The summed E-state index contributed by atoms with van der Waals surface area (Å²) >= 11 is 0. The molecule has 0 amide bonds. The lowest BCUT2D eigenvalue weighted by atomic mass is 10.1. The minimum absolute atomic E-state index is 0.142. The number of nitrogen functional groups attached to an aromatic ring is 1. The van der Waals surface area contributed by atoms with Gasteiger partial charge in [0.15, 0.2) is 11.3 Å². The molecule has 0 radical (unpaired) electrons. The molecule has 0 saturated heterocycles. The van der Waals surface area contributed by atoms with E-state index in [1.54, 1.807) is 21.3 Å². The molecule has 0 unspecified atom stereocenters. The second-order valence-corrected chi connectivity index (χ2v) is 13.5. The van der Waals surface area contributed by atoms with E-state index >= 15 is 0 Å². The van der Waals surface area contributed by atoms with Crippen LogP contribution in [0.4, 0.5) is 11.6 Å². The average Bonchev–Trinajstić information content (AvgIpc) is 4.05. The van der Waals surface area contributed by atoms with E-state index in [2.05, 4.69) is 19.9 Å². The maximum atomic E-state index is 12.8. The van der Waals surface area contributed by atoms with Gasteiger partial charge in [-0.2, -0.15) is 19.2 Å². The third-order valence-corrected chi connectivity index (χ3v) is 9.77. The monoisotopic (exact) mass is 641 g/mol. The first-order chi connectivity index (χ1) is 22.9. The highest BCUT2D eigenvalue weighted by Crippen LogP contribution is 2.43. The van der Waals surface area contributed by atoms with Gasteiger partial charge in [0.2, 0.25) is 0 Å². The number of hydrogen-bond acceptors (Lipinski definition) is 8. The summed E-state index contributed by atoms with van der Waals surface area (Å²) in [6.45, 7) is 0. The molecule has 2 aliphatic carbocycles. The lowest BCUT2D eigenvalue weighted by Gasteiger charge is -2.12. The number of rotatable bonds is 7. The van der Waals surface area contributed by atoms with E-state index in [1.165, 1.54) is 42.9 Å². The molecule has 47 heavy (non-hydrogen) atoms. The lowest BCUT2D eigenvalue weighted by molar-refractivity contribution is 0.600. The molecule has 5 aromatic heterocycles. The predicted octanol–water partition coefficient (Wildman–Crippen LogP) is 6.33. The van der Waals surface area contributed by atoms with Gasteiger partial charge in [-0.1, -0.05) is 60.7 Å². The molecule has 5 heterocycles. The molecular formula is C35H31N9O2S. The molecule has 234 valence electrons. The molecular weight excluding hydrogens is 611 g/mol. The highest BCUT2D eigenvalue weighted by Gasteiger charge is 2.29. The molecule has 7 aromatic rings. The van der Waals surface area contributed by atoms with Gasteiger partial charge in [-0.15, -0.1) is 0 Å². The van der Waals surface area contributed by atoms with E-state index in [-0.39, 0.29) is 4.90 Å². The van der Waals surface area contributed by atoms with Crippen LogP contribution in [-0.2, 0) is 10.0 Å². The minimum Gasteiger partial charge on any atom is -0.384 e. The van der Waals surface area contributed by atoms with Crippen LogP contribution in [0, 0.1) is 0 Å². The van der Waals surface area contributed by atoms with Crippen LogP contribution in [0.5, 0.6) is 0 Å². The highest BCUT2D eigenvalue weighted by molar-refractivity contribution is 7.92. The van der Waals surface area contributed by atoms with Crippen molar-refractivity contribution in [3.05, 3.63) is 121 Å². The standard InChI is InChI=1S/C20H17N5O2S.C15H14N4/c26-28(27,16-8-10-21-11-9-16)24-19-12-18(15-4-2-1-3-5-15)23-20-17(14-6-7-14)13-22-25(19)20;16-14-8-13(11-4-2-1-3-5-11)18-15-12(10-6-7-10)9-17-19(14)15/h1-5,8-14,24H,6-7H2;1-5,8-10H,6-7,16H2. The Kier molecular flexibility index (Phi) is 7.13. The first-order valence-electron chi connectivity index (χ1n) is 15.5. The van der Waals surface area contributed by atoms with E-state index in [0.29, 0.717) is 34.8 Å². The number of hydrogen-bond donors (Lipinski definition) is 2. The molecule has 3 N–H and O–H groups in total. The Morgan fingerprint density at radius 3 is 1.74 bits per heavy atom. The molecule has 2 saturated carbocycles. The van der Waals surface area contributed by atoms with Crippen molar-refractivity contribution in [3.8, 4) is 22.5 Å². The summed E-state index contributed by atoms with van der Waals surface area (Å²) in [5.41, 5.74) is 13.6. The first kappa shape index (κ1) is 28.8. The number of nitrogens with two attached hydrogens (primary N) is 1. The quantitative estimate of drug-likeness (QED) is 0.206. The van der Waals surface area contributed by atoms with Crippen LogP contribution in [0.3, 0.4) is 0 Å². The molecule has 0 bridgehead atoms. The molecule has 0 aliphatic heterocycles. The Balaban J connectivity index is 0.000000148. The Morgan fingerprint density at radius 2 is 1.19 bits per heavy atom. The summed E-state index contributed by atoms with van der Waals surface area (Å²) in [5, 5.41) is 8.75. The third-order valence-electron chi connectivity index (χ3n) is 8.40. The fraction of sp³-hybridized carbons (Fsp3) is 0.171. The van der Waals surface area contributed by atoms with Gasteiger partial charge < -0.3 is 5.73 Å². The van der Waals surface area contributed by atoms with Gasteiger partial charge in [-0.3, -0.25) is 9.71 Å². The Hall–Kier alpha value is -5.62. The summed E-state index contributed by atoms with van der Waals surface area (Å²) in [7, 11) is -3.78. The molecule has 2 fully saturated rings. The van der Waals surface area contributed by atoms with Crippen LogP contribution in [0.2, 0.25) is 0 Å². The van der Waals surface area contributed by atoms with Gasteiger partial charge in [0.25, 0.3) is 10.0 Å². The van der Waals surface area contributed by atoms with Crippen molar-refractivity contribution in [2.75, 3.05) is 10.5 Å². The summed E-state index contributed by atoms with van der Waals surface area (Å²) in [6.07, 6.45) is 11.3. The SMILES string of the molecule is Nc1cc(-c2ccccc2)nc2c(C3CC3)cnn12.O=S(=O)(Nc1cc(-c2ccccc2)nc2c(C3CC3)cnn12)c1ccncc1. The Labute approximate surface area is 271 Å². The average molecular weight is 642 g/mol. The van der Waals surface area contributed by atoms with Crippen LogP contribution in [0.25, 0.3) is 33.8 Å². The van der Waals surface area contributed by atoms with Crippen molar-refractivity contribution >= 4 is 33.0 Å². The van der Waals surface area contributed by atoms with Crippen LogP contribution in [-0.4, -0.2) is 42.6 Å². The molecule has 9 rings (SSSR count). The zero-order valence-corrected chi connectivity index (χ0v) is 26.1. The van der Waals surface area contributed by atoms with Crippen molar-refractivity contribution in [2.45, 2.75) is 42.4 Å². The molecule has 2 aromatic carbocycles. The van der Waals surface area contributed by atoms with E-state index in [9.17, 15) is 8.42 Å². The number of aromatic nitrogens is 7.